The Hall–Kier alpha value is -1.63. The summed E-state index contributed by atoms with van der Waals surface area (Å²) < 4.78 is 4.66. The minimum Gasteiger partial charge on any atom is -0.476 e. The molecule has 0 aromatic rings. The highest BCUT2D eigenvalue weighted by atomic mass is 35.5. The molecule has 0 aliphatic heterocycles. The van der Waals surface area contributed by atoms with Crippen LogP contribution in [0.4, 0.5) is 0 Å². The van der Waals surface area contributed by atoms with Gasteiger partial charge in [0.15, 0.2) is 0 Å². The van der Waals surface area contributed by atoms with Crippen molar-refractivity contribution in [3.63, 3.8) is 0 Å². The first-order valence-electron chi connectivity index (χ1n) is 6.13. The largest absolute Gasteiger partial charge is 0.476 e. The zero-order valence-corrected chi connectivity index (χ0v) is 11.8. The monoisotopic (exact) mass is 305 g/mol. The lowest BCUT2D eigenvalue weighted by Crippen LogP contribution is -2.28. The molecule has 0 atom stereocenters. The van der Waals surface area contributed by atoms with Crippen molar-refractivity contribution in [2.45, 2.75) is 31.8 Å². The van der Waals surface area contributed by atoms with Gasteiger partial charge in [-0.3, -0.25) is 9.59 Å². The van der Waals surface area contributed by atoms with E-state index in [9.17, 15) is 14.4 Å². The maximum Gasteiger partial charge on any atom is 0.361 e. The van der Waals surface area contributed by atoms with Crippen LogP contribution in [0.3, 0.4) is 0 Å². The van der Waals surface area contributed by atoms with Crippen molar-refractivity contribution < 1.29 is 29.1 Å². The van der Waals surface area contributed by atoms with Crippen LogP contribution in [0.5, 0.6) is 0 Å². The Morgan fingerprint density at radius 1 is 1.25 bits per heavy atom. The van der Waals surface area contributed by atoms with E-state index in [1.165, 1.54) is 7.11 Å². The summed E-state index contributed by atoms with van der Waals surface area (Å²) >= 11 is 5.28. The number of aliphatic carboxylic acids is 1. The molecule has 0 unspecified atom stereocenters. The highest BCUT2D eigenvalue weighted by Crippen LogP contribution is 2.27. The molecule has 7 nitrogen and oxygen atoms in total. The molecule has 20 heavy (non-hydrogen) atoms. The number of halogens is 1. The van der Waals surface area contributed by atoms with E-state index in [4.69, 9.17) is 21.5 Å². The zero-order chi connectivity index (χ0) is 15.1. The molecule has 1 N–H and O–H groups in total. The standard InChI is InChI=1S/C12H16ClNO6/c1-19-12(18)7-2-4-8(5-3-7)20-14-10(11(16)17)9(15)6-13/h7-8H,2-6H2,1H3,(H,16,17)/b14-10-/t7-,8-. The molecule has 0 radical (unpaired) electrons. The fourth-order valence-electron chi connectivity index (χ4n) is 1.97. The number of carboxylic acid groups (broad SMARTS) is 1. The summed E-state index contributed by atoms with van der Waals surface area (Å²) in [5.74, 6) is -3.16. The van der Waals surface area contributed by atoms with E-state index < -0.39 is 23.3 Å². The second-order valence-corrected chi connectivity index (χ2v) is 4.67. The number of methoxy groups -OCH3 is 1. The van der Waals surface area contributed by atoms with Crippen molar-refractivity contribution in [1.29, 1.82) is 0 Å². The average molecular weight is 306 g/mol. The number of nitrogens with zero attached hydrogens (tertiary/aromatic N) is 1. The number of carbonyl (C=O) groups excluding carboxylic acids is 2. The van der Waals surface area contributed by atoms with Crippen LogP contribution in [0.15, 0.2) is 5.16 Å². The Bertz CT molecular complexity index is 414. The summed E-state index contributed by atoms with van der Waals surface area (Å²) in [6.45, 7) is 0. The van der Waals surface area contributed by atoms with Gasteiger partial charge in [0, 0.05) is 0 Å². The number of carbonyl (C=O) groups is 3. The van der Waals surface area contributed by atoms with Gasteiger partial charge in [0.2, 0.25) is 11.5 Å². The maximum atomic E-state index is 11.3. The van der Waals surface area contributed by atoms with Crippen LogP contribution in [0.2, 0.25) is 0 Å². The number of Topliss-reactive ketones (excluding diaryl/α,β-unsaturated/α-hetero) is 1. The van der Waals surface area contributed by atoms with E-state index in [2.05, 4.69) is 9.89 Å². The van der Waals surface area contributed by atoms with Gasteiger partial charge in [-0.1, -0.05) is 5.16 Å². The van der Waals surface area contributed by atoms with E-state index in [0.29, 0.717) is 25.7 Å². The molecule has 1 saturated carbocycles. The van der Waals surface area contributed by atoms with E-state index in [1.807, 2.05) is 0 Å². The van der Waals surface area contributed by atoms with Crippen LogP contribution in [-0.4, -0.2) is 47.6 Å². The number of ketones is 1. The molecule has 0 aromatic heterocycles. The summed E-state index contributed by atoms with van der Waals surface area (Å²) in [7, 11) is 1.34. The summed E-state index contributed by atoms with van der Waals surface area (Å²) in [4.78, 5) is 38.4. The Balaban J connectivity index is 2.52. The molecule has 0 amide bonds. The van der Waals surface area contributed by atoms with Crippen molar-refractivity contribution in [1.82, 2.24) is 0 Å². The minimum atomic E-state index is -1.47. The first-order valence-corrected chi connectivity index (χ1v) is 6.67. The zero-order valence-electron chi connectivity index (χ0n) is 11.0. The Labute approximate surface area is 120 Å². The van der Waals surface area contributed by atoms with Crippen LogP contribution in [-0.2, 0) is 24.0 Å². The van der Waals surface area contributed by atoms with E-state index in [0.717, 1.165) is 0 Å². The fraction of sp³-hybridized carbons (Fsp3) is 0.667. The molecule has 0 aromatic carbocycles. The second-order valence-electron chi connectivity index (χ2n) is 4.40. The maximum absolute atomic E-state index is 11.3. The lowest BCUT2D eigenvalue weighted by Gasteiger charge is -2.25. The Morgan fingerprint density at radius 2 is 1.85 bits per heavy atom. The van der Waals surface area contributed by atoms with Crippen molar-refractivity contribution in [3.05, 3.63) is 0 Å². The van der Waals surface area contributed by atoms with Gasteiger partial charge in [-0.25, -0.2) is 4.79 Å². The lowest BCUT2D eigenvalue weighted by molar-refractivity contribution is -0.147. The molecule has 1 rings (SSSR count). The van der Waals surface area contributed by atoms with Crippen LogP contribution < -0.4 is 0 Å². The summed E-state index contributed by atoms with van der Waals surface area (Å²) in [5.41, 5.74) is -0.713. The fourth-order valence-corrected chi connectivity index (χ4v) is 2.10. The molecule has 1 aliphatic rings. The van der Waals surface area contributed by atoms with Crippen LogP contribution in [0.25, 0.3) is 0 Å². The van der Waals surface area contributed by atoms with Crippen LogP contribution in [0.1, 0.15) is 25.7 Å². The van der Waals surface area contributed by atoms with Gasteiger partial charge >= 0.3 is 11.9 Å². The minimum absolute atomic E-state index is 0.160. The van der Waals surface area contributed by atoms with E-state index in [1.54, 1.807) is 0 Å². The van der Waals surface area contributed by atoms with Crippen molar-refractivity contribution >= 4 is 35.0 Å². The summed E-state index contributed by atoms with van der Waals surface area (Å²) in [6.07, 6.45) is 1.95. The predicted octanol–water partition coefficient (Wildman–Crippen LogP) is 0.983. The lowest BCUT2D eigenvalue weighted by atomic mass is 9.87. The van der Waals surface area contributed by atoms with Crippen molar-refractivity contribution in [3.8, 4) is 0 Å². The molecular formula is C12H16ClNO6. The van der Waals surface area contributed by atoms with Gasteiger partial charge in [0.25, 0.3) is 0 Å². The van der Waals surface area contributed by atoms with Crippen LogP contribution >= 0.6 is 11.6 Å². The van der Waals surface area contributed by atoms with E-state index >= 15 is 0 Å². The molecule has 0 bridgehead atoms. The Kier molecular flexibility index (Phi) is 6.44. The topological polar surface area (TPSA) is 102 Å². The van der Waals surface area contributed by atoms with Gasteiger partial charge < -0.3 is 14.7 Å². The number of hydrogen-bond donors (Lipinski definition) is 1. The Morgan fingerprint density at radius 3 is 2.30 bits per heavy atom. The van der Waals surface area contributed by atoms with Gasteiger partial charge in [-0.05, 0) is 25.7 Å². The predicted molar refractivity (Wildman–Crippen MR) is 69.6 cm³/mol. The number of carboxylic acids is 1. The summed E-state index contributed by atoms with van der Waals surface area (Å²) in [6, 6.07) is 0. The molecule has 1 aliphatic carbocycles. The van der Waals surface area contributed by atoms with E-state index in [-0.39, 0.29) is 18.0 Å². The molecule has 8 heteroatoms. The third-order valence-electron chi connectivity index (χ3n) is 3.09. The first-order chi connectivity index (χ1) is 9.49. The number of rotatable bonds is 6. The van der Waals surface area contributed by atoms with Crippen LogP contribution in [0, 0.1) is 5.92 Å². The average Bonchev–Trinajstić information content (AvgIpc) is 2.46. The molecule has 112 valence electrons. The normalized spacial score (nSPS) is 23.0. The molecular weight excluding hydrogens is 290 g/mol. The second kappa shape index (κ2) is 7.84. The highest BCUT2D eigenvalue weighted by Gasteiger charge is 2.28. The highest BCUT2D eigenvalue weighted by molar-refractivity contribution is 6.67. The first kappa shape index (κ1) is 16.4. The number of esters is 1. The molecule has 0 saturated heterocycles. The molecule has 0 heterocycles. The SMILES string of the molecule is COC(=O)[C@H]1CC[C@H](O/N=C(\C(=O)O)C(=O)CCl)CC1. The number of hydrogen-bond acceptors (Lipinski definition) is 6. The van der Waals surface area contributed by atoms with Gasteiger partial charge in [-0.15, -0.1) is 11.6 Å². The third-order valence-corrected chi connectivity index (χ3v) is 3.33. The van der Waals surface area contributed by atoms with Gasteiger partial charge in [0.1, 0.15) is 6.10 Å². The number of alkyl halides is 1. The summed E-state index contributed by atoms with van der Waals surface area (Å²) in [5, 5.41) is 12.2. The molecule has 1 fully saturated rings. The quantitative estimate of drug-likeness (QED) is 0.258. The smallest absolute Gasteiger partial charge is 0.361 e. The van der Waals surface area contributed by atoms with Crippen molar-refractivity contribution in [2.24, 2.45) is 11.1 Å². The van der Waals surface area contributed by atoms with Crippen molar-refractivity contribution in [2.75, 3.05) is 13.0 Å². The molecule has 0 spiro atoms. The van der Waals surface area contributed by atoms with Gasteiger partial charge in [0.05, 0.1) is 18.9 Å². The third kappa shape index (κ3) is 4.48. The van der Waals surface area contributed by atoms with Gasteiger partial charge in [-0.2, -0.15) is 0 Å². The number of ether oxygens (including phenoxy) is 1. The number of oxime groups is 1.